The third-order valence-electron chi connectivity index (χ3n) is 2.61. The van der Waals surface area contributed by atoms with E-state index >= 15 is 0 Å². The van der Waals surface area contributed by atoms with Gasteiger partial charge in [-0.15, -0.1) is 0 Å². The van der Waals surface area contributed by atoms with E-state index in [4.69, 9.17) is 10.00 Å². The normalized spacial score (nSPS) is 22.1. The largest absolute Gasteiger partial charge is 0.368 e. The van der Waals surface area contributed by atoms with Crippen LogP contribution in [-0.2, 0) is 9.53 Å². The van der Waals surface area contributed by atoms with Gasteiger partial charge in [-0.25, -0.2) is 0 Å². The lowest BCUT2D eigenvalue weighted by Gasteiger charge is -2.24. The zero-order chi connectivity index (χ0) is 11.3. The Kier molecular flexibility index (Phi) is 4.57. The summed E-state index contributed by atoms with van der Waals surface area (Å²) < 4.78 is 5.34. The van der Waals surface area contributed by atoms with Gasteiger partial charge in [0.1, 0.15) is 6.10 Å². The molecule has 4 nitrogen and oxygen atoms in total. The first-order valence-corrected chi connectivity index (χ1v) is 5.49. The summed E-state index contributed by atoms with van der Waals surface area (Å²) >= 11 is 0. The second-order valence-corrected chi connectivity index (χ2v) is 3.91. The molecule has 0 bridgehead atoms. The number of carbonyl (C=O) groups is 1. The molecule has 0 spiro atoms. The van der Waals surface area contributed by atoms with E-state index < -0.39 is 0 Å². The maximum Gasteiger partial charge on any atom is 0.251 e. The quantitative estimate of drug-likeness (QED) is 0.700. The maximum atomic E-state index is 11.9. The average molecular weight is 210 g/mol. The number of rotatable bonds is 4. The highest BCUT2D eigenvalue weighted by atomic mass is 16.5. The van der Waals surface area contributed by atoms with Gasteiger partial charge in [-0.1, -0.05) is 0 Å². The molecular formula is C11H18N2O2. The van der Waals surface area contributed by atoms with Crippen molar-refractivity contribution in [3.8, 4) is 6.07 Å². The molecule has 1 rings (SSSR count). The van der Waals surface area contributed by atoms with Crippen LogP contribution in [0, 0.1) is 17.2 Å². The van der Waals surface area contributed by atoms with Crippen LogP contribution in [0.3, 0.4) is 0 Å². The third kappa shape index (κ3) is 3.21. The molecule has 1 aliphatic heterocycles. The Bertz CT molecular complexity index is 254. The molecule has 4 heteroatoms. The van der Waals surface area contributed by atoms with Gasteiger partial charge < -0.3 is 9.64 Å². The fourth-order valence-electron chi connectivity index (χ4n) is 1.72. The van der Waals surface area contributed by atoms with Crippen molar-refractivity contribution in [1.29, 1.82) is 5.26 Å². The number of hydrogen-bond acceptors (Lipinski definition) is 3. The average Bonchev–Trinajstić information content (AvgIpc) is 2.77. The Morgan fingerprint density at radius 2 is 2.47 bits per heavy atom. The summed E-state index contributed by atoms with van der Waals surface area (Å²) in [6, 6.07) is 2.14. The molecule has 0 aromatic rings. The summed E-state index contributed by atoms with van der Waals surface area (Å²) in [4.78, 5) is 13.6. The minimum atomic E-state index is -0.268. The Balaban J connectivity index is 2.50. The molecule has 1 heterocycles. The summed E-state index contributed by atoms with van der Waals surface area (Å²) in [5.41, 5.74) is 0. The molecule has 0 N–H and O–H groups in total. The first-order chi connectivity index (χ1) is 7.19. The molecule has 2 unspecified atom stereocenters. The van der Waals surface area contributed by atoms with E-state index in [2.05, 4.69) is 6.07 Å². The number of ether oxygens (including phenoxy) is 1. The lowest BCUT2D eigenvalue weighted by Crippen LogP contribution is -2.40. The smallest absolute Gasteiger partial charge is 0.251 e. The van der Waals surface area contributed by atoms with Crippen LogP contribution in [0.1, 0.15) is 26.7 Å². The Morgan fingerprint density at radius 3 is 2.93 bits per heavy atom. The molecule has 84 valence electrons. The summed E-state index contributed by atoms with van der Waals surface area (Å²) in [6.07, 6.45) is 1.51. The zero-order valence-electron chi connectivity index (χ0n) is 9.40. The fourth-order valence-corrected chi connectivity index (χ4v) is 1.72. The number of likely N-dealkylation sites (N-methyl/N-ethyl adjacent to an activating group) is 1. The minimum Gasteiger partial charge on any atom is -0.368 e. The Hall–Kier alpha value is -1.08. The molecule has 0 radical (unpaired) electrons. The van der Waals surface area contributed by atoms with Crippen LogP contribution in [-0.4, -0.2) is 36.6 Å². The second-order valence-electron chi connectivity index (χ2n) is 3.91. The fraction of sp³-hybridized carbons (Fsp3) is 0.818. The molecule has 1 aliphatic rings. The van der Waals surface area contributed by atoms with E-state index in [1.54, 1.807) is 4.90 Å². The van der Waals surface area contributed by atoms with Crippen LogP contribution in [0.5, 0.6) is 0 Å². The first kappa shape index (κ1) is 12.0. The third-order valence-corrected chi connectivity index (χ3v) is 2.61. The molecule has 0 saturated carbocycles. The van der Waals surface area contributed by atoms with Gasteiger partial charge in [0.25, 0.3) is 5.91 Å². The highest BCUT2D eigenvalue weighted by Gasteiger charge is 2.27. The van der Waals surface area contributed by atoms with Crippen molar-refractivity contribution in [3.05, 3.63) is 0 Å². The summed E-state index contributed by atoms with van der Waals surface area (Å²) in [5, 5.41) is 8.71. The molecule has 1 amide bonds. The topological polar surface area (TPSA) is 53.3 Å². The lowest BCUT2D eigenvalue weighted by molar-refractivity contribution is -0.141. The first-order valence-electron chi connectivity index (χ1n) is 5.49. The van der Waals surface area contributed by atoms with Crippen molar-refractivity contribution < 1.29 is 9.53 Å². The number of nitrogens with zero attached hydrogens (tertiary/aromatic N) is 2. The standard InChI is InChI=1S/C11H18N2O2/c1-3-13(8-9(2)7-12)11(14)10-5-4-6-15-10/h9-10H,3-6,8H2,1-2H3. The van der Waals surface area contributed by atoms with Gasteiger partial charge in [-0.3, -0.25) is 4.79 Å². The van der Waals surface area contributed by atoms with Crippen LogP contribution in [0.15, 0.2) is 0 Å². The van der Waals surface area contributed by atoms with Crippen molar-refractivity contribution in [3.63, 3.8) is 0 Å². The summed E-state index contributed by atoms with van der Waals surface area (Å²) in [7, 11) is 0. The molecule has 0 aromatic carbocycles. The van der Waals surface area contributed by atoms with Crippen molar-refractivity contribution >= 4 is 5.91 Å². The molecule has 0 aliphatic carbocycles. The van der Waals surface area contributed by atoms with Gasteiger partial charge in [0.2, 0.25) is 0 Å². The second kappa shape index (κ2) is 5.72. The van der Waals surface area contributed by atoms with Gasteiger partial charge in [-0.2, -0.15) is 5.26 Å². The van der Waals surface area contributed by atoms with Gasteiger partial charge in [-0.05, 0) is 26.7 Å². The van der Waals surface area contributed by atoms with E-state index in [1.807, 2.05) is 13.8 Å². The van der Waals surface area contributed by atoms with Crippen LogP contribution in [0.25, 0.3) is 0 Å². The Labute approximate surface area is 90.8 Å². The number of hydrogen-bond donors (Lipinski definition) is 0. The van der Waals surface area contributed by atoms with Gasteiger partial charge in [0.15, 0.2) is 0 Å². The number of nitriles is 1. The minimum absolute atomic E-state index is 0.0390. The van der Waals surface area contributed by atoms with Gasteiger partial charge >= 0.3 is 0 Å². The highest BCUT2D eigenvalue weighted by molar-refractivity contribution is 5.81. The van der Waals surface area contributed by atoms with Crippen molar-refractivity contribution in [2.24, 2.45) is 5.92 Å². The van der Waals surface area contributed by atoms with Crippen LogP contribution >= 0.6 is 0 Å². The van der Waals surface area contributed by atoms with Crippen molar-refractivity contribution in [2.75, 3.05) is 19.7 Å². The monoisotopic (exact) mass is 210 g/mol. The van der Waals surface area contributed by atoms with Crippen LogP contribution < -0.4 is 0 Å². The summed E-state index contributed by atoms with van der Waals surface area (Å²) in [6.45, 7) is 5.58. The van der Waals surface area contributed by atoms with E-state index in [9.17, 15) is 4.79 Å². The predicted molar refractivity (Wildman–Crippen MR) is 56.0 cm³/mol. The molecule has 2 atom stereocenters. The van der Waals surface area contributed by atoms with Crippen LogP contribution in [0.2, 0.25) is 0 Å². The Morgan fingerprint density at radius 1 is 1.73 bits per heavy atom. The molecule has 1 fully saturated rings. The predicted octanol–water partition coefficient (Wildman–Crippen LogP) is 1.17. The molecular weight excluding hydrogens is 192 g/mol. The molecule has 1 saturated heterocycles. The van der Waals surface area contributed by atoms with E-state index in [0.29, 0.717) is 19.7 Å². The van der Waals surface area contributed by atoms with Gasteiger partial charge in [0.05, 0.1) is 12.0 Å². The van der Waals surface area contributed by atoms with E-state index in [0.717, 1.165) is 12.8 Å². The number of amides is 1. The van der Waals surface area contributed by atoms with E-state index in [-0.39, 0.29) is 17.9 Å². The van der Waals surface area contributed by atoms with Crippen molar-refractivity contribution in [1.82, 2.24) is 4.90 Å². The maximum absolute atomic E-state index is 11.9. The molecule has 15 heavy (non-hydrogen) atoms. The summed E-state index contributed by atoms with van der Waals surface area (Å²) in [5.74, 6) is -0.0765. The molecule has 0 aromatic heterocycles. The highest BCUT2D eigenvalue weighted by Crippen LogP contribution is 2.15. The van der Waals surface area contributed by atoms with Crippen LogP contribution in [0.4, 0.5) is 0 Å². The lowest BCUT2D eigenvalue weighted by atomic mass is 10.1. The van der Waals surface area contributed by atoms with Crippen molar-refractivity contribution in [2.45, 2.75) is 32.8 Å². The zero-order valence-corrected chi connectivity index (χ0v) is 9.40. The van der Waals surface area contributed by atoms with E-state index in [1.165, 1.54) is 0 Å². The SMILES string of the molecule is CCN(CC(C)C#N)C(=O)C1CCCO1. The number of carbonyl (C=O) groups excluding carboxylic acids is 1. The van der Waals surface area contributed by atoms with Gasteiger partial charge in [0, 0.05) is 19.7 Å².